The van der Waals surface area contributed by atoms with Gasteiger partial charge in [0.1, 0.15) is 11.4 Å². The number of rotatable bonds is 3. The minimum absolute atomic E-state index is 0.102. The first-order chi connectivity index (χ1) is 10.7. The number of hydrogen-bond acceptors (Lipinski definition) is 4. The maximum Gasteiger partial charge on any atom is 0.407 e. The lowest BCUT2D eigenvalue weighted by Crippen LogP contribution is -2.32. The Hall–Kier alpha value is -2.55. The molecule has 6 heteroatoms. The summed E-state index contributed by atoms with van der Waals surface area (Å²) in [5, 5.41) is 2.55. The van der Waals surface area contributed by atoms with E-state index in [1.807, 2.05) is 0 Å². The molecule has 1 aromatic rings. The molecule has 0 heterocycles. The van der Waals surface area contributed by atoms with Gasteiger partial charge < -0.3 is 14.8 Å². The van der Waals surface area contributed by atoms with Gasteiger partial charge in [0.2, 0.25) is 0 Å². The summed E-state index contributed by atoms with van der Waals surface area (Å²) in [5.41, 5.74) is -0.233. The van der Waals surface area contributed by atoms with Crippen LogP contribution in [-0.2, 0) is 9.47 Å². The van der Waals surface area contributed by atoms with E-state index in [9.17, 15) is 14.0 Å². The van der Waals surface area contributed by atoms with Gasteiger partial charge in [-0.3, -0.25) is 0 Å². The molecule has 0 aliphatic heterocycles. The topological polar surface area (TPSA) is 64.6 Å². The Morgan fingerprint density at radius 2 is 2.00 bits per heavy atom. The third-order valence-electron chi connectivity index (χ3n) is 2.53. The van der Waals surface area contributed by atoms with Gasteiger partial charge in [0.25, 0.3) is 0 Å². The van der Waals surface area contributed by atoms with Crippen molar-refractivity contribution in [3.8, 4) is 11.8 Å². The van der Waals surface area contributed by atoms with E-state index in [1.54, 1.807) is 20.8 Å². The fourth-order valence-corrected chi connectivity index (χ4v) is 1.56. The second-order valence-corrected chi connectivity index (χ2v) is 5.67. The van der Waals surface area contributed by atoms with Crippen molar-refractivity contribution >= 4 is 12.1 Å². The Labute approximate surface area is 135 Å². The molecule has 1 aromatic carbocycles. The molecular weight excluding hydrogens is 301 g/mol. The monoisotopic (exact) mass is 321 g/mol. The van der Waals surface area contributed by atoms with Crippen LogP contribution >= 0.6 is 0 Å². The molecule has 5 nitrogen and oxygen atoms in total. The van der Waals surface area contributed by atoms with Crippen LogP contribution in [0.4, 0.5) is 9.18 Å². The van der Waals surface area contributed by atoms with E-state index in [-0.39, 0.29) is 17.7 Å². The van der Waals surface area contributed by atoms with Crippen LogP contribution in [0.1, 0.15) is 43.1 Å². The summed E-state index contributed by atoms with van der Waals surface area (Å²) >= 11 is 0. The lowest BCUT2D eigenvalue weighted by atomic mass is 10.1. The zero-order valence-electron chi connectivity index (χ0n) is 13.7. The van der Waals surface area contributed by atoms with Crippen LogP contribution in [0.3, 0.4) is 0 Å². The standard InChI is InChI=1S/C17H20FNO4/c1-17(2,3)23-16(21)19-10-6-5-7-12-11-13(15(20)22-4)8-9-14(12)18/h8-9,11H,6,10H2,1-4H3,(H,19,21). The Morgan fingerprint density at radius 1 is 1.30 bits per heavy atom. The molecule has 0 atom stereocenters. The van der Waals surface area contributed by atoms with E-state index in [0.717, 1.165) is 6.07 Å². The summed E-state index contributed by atoms with van der Waals surface area (Å²) in [7, 11) is 1.25. The zero-order chi connectivity index (χ0) is 17.5. The number of carbonyl (C=O) groups excluding carboxylic acids is 2. The molecular formula is C17H20FNO4. The van der Waals surface area contributed by atoms with Crippen molar-refractivity contribution < 1.29 is 23.5 Å². The first kappa shape index (κ1) is 18.5. The molecule has 0 aliphatic carbocycles. The molecule has 0 spiro atoms. The number of carbonyl (C=O) groups is 2. The predicted molar refractivity (Wildman–Crippen MR) is 83.5 cm³/mol. The number of alkyl carbamates (subject to hydrolysis) is 1. The van der Waals surface area contributed by atoms with Gasteiger partial charge in [-0.25, -0.2) is 14.0 Å². The van der Waals surface area contributed by atoms with Crippen molar-refractivity contribution in [1.29, 1.82) is 0 Å². The lowest BCUT2D eigenvalue weighted by molar-refractivity contribution is 0.0527. The molecule has 0 saturated heterocycles. The highest BCUT2D eigenvalue weighted by atomic mass is 19.1. The minimum Gasteiger partial charge on any atom is -0.465 e. The molecule has 0 aromatic heterocycles. The third kappa shape index (κ3) is 6.83. The fraction of sp³-hybridized carbons (Fsp3) is 0.412. The minimum atomic E-state index is -0.562. The van der Waals surface area contributed by atoms with Gasteiger partial charge in [0, 0.05) is 13.0 Å². The van der Waals surface area contributed by atoms with Gasteiger partial charge in [0.05, 0.1) is 18.2 Å². The molecule has 0 saturated carbocycles. The molecule has 124 valence electrons. The van der Waals surface area contributed by atoms with E-state index in [2.05, 4.69) is 21.9 Å². The highest BCUT2D eigenvalue weighted by molar-refractivity contribution is 5.89. The van der Waals surface area contributed by atoms with Crippen molar-refractivity contribution in [2.24, 2.45) is 0 Å². The number of ether oxygens (including phenoxy) is 2. The second-order valence-electron chi connectivity index (χ2n) is 5.67. The summed E-state index contributed by atoms with van der Waals surface area (Å²) in [6, 6.07) is 3.82. The average Bonchev–Trinajstić information content (AvgIpc) is 2.46. The van der Waals surface area contributed by atoms with Gasteiger partial charge in [-0.15, -0.1) is 0 Å². The molecule has 0 radical (unpaired) electrons. The Balaban J connectivity index is 2.57. The van der Waals surface area contributed by atoms with Crippen LogP contribution < -0.4 is 5.32 Å². The summed E-state index contributed by atoms with van der Waals surface area (Å²) in [4.78, 5) is 22.8. The maximum atomic E-state index is 13.6. The SMILES string of the molecule is COC(=O)c1ccc(F)c(C#CCCNC(=O)OC(C)(C)C)c1. The van der Waals surface area contributed by atoms with Gasteiger partial charge in [-0.2, -0.15) is 0 Å². The van der Waals surface area contributed by atoms with Crippen LogP contribution in [0.25, 0.3) is 0 Å². The Kier molecular flexibility index (Phi) is 6.58. The molecule has 0 unspecified atom stereocenters. The first-order valence-corrected chi connectivity index (χ1v) is 7.06. The number of methoxy groups -OCH3 is 1. The van der Waals surface area contributed by atoms with Crippen molar-refractivity contribution in [2.75, 3.05) is 13.7 Å². The van der Waals surface area contributed by atoms with E-state index in [4.69, 9.17) is 4.74 Å². The molecule has 1 rings (SSSR count). The summed E-state index contributed by atoms with van der Waals surface area (Å²) in [6.45, 7) is 5.58. The van der Waals surface area contributed by atoms with Crippen LogP contribution in [0.15, 0.2) is 18.2 Å². The zero-order valence-corrected chi connectivity index (χ0v) is 13.7. The number of nitrogens with one attached hydrogen (secondary N) is 1. The lowest BCUT2D eigenvalue weighted by Gasteiger charge is -2.19. The molecule has 0 aliphatic rings. The normalized spacial score (nSPS) is 10.3. The first-order valence-electron chi connectivity index (χ1n) is 7.06. The van der Waals surface area contributed by atoms with Crippen LogP contribution in [-0.4, -0.2) is 31.3 Å². The second kappa shape index (κ2) is 8.18. The maximum absolute atomic E-state index is 13.6. The van der Waals surface area contributed by atoms with Crippen molar-refractivity contribution in [3.05, 3.63) is 35.1 Å². The van der Waals surface area contributed by atoms with Crippen molar-refractivity contribution in [1.82, 2.24) is 5.32 Å². The van der Waals surface area contributed by atoms with Crippen molar-refractivity contribution in [2.45, 2.75) is 32.8 Å². The fourth-order valence-electron chi connectivity index (χ4n) is 1.56. The quantitative estimate of drug-likeness (QED) is 0.528. The summed E-state index contributed by atoms with van der Waals surface area (Å²) in [5.74, 6) is 4.28. The van der Waals surface area contributed by atoms with Crippen LogP contribution in [0, 0.1) is 17.7 Å². The van der Waals surface area contributed by atoms with Crippen LogP contribution in [0.2, 0.25) is 0 Å². The van der Waals surface area contributed by atoms with Gasteiger partial charge in [-0.1, -0.05) is 11.8 Å². The summed E-state index contributed by atoms with van der Waals surface area (Å²) in [6.07, 6.45) is -0.209. The molecule has 0 bridgehead atoms. The highest BCUT2D eigenvalue weighted by Gasteiger charge is 2.15. The molecule has 23 heavy (non-hydrogen) atoms. The number of benzene rings is 1. The Morgan fingerprint density at radius 3 is 2.61 bits per heavy atom. The number of amides is 1. The number of halogens is 1. The highest BCUT2D eigenvalue weighted by Crippen LogP contribution is 2.10. The average molecular weight is 321 g/mol. The smallest absolute Gasteiger partial charge is 0.407 e. The Bertz CT molecular complexity index is 638. The summed E-state index contributed by atoms with van der Waals surface area (Å²) < 4.78 is 23.3. The largest absolute Gasteiger partial charge is 0.465 e. The van der Waals surface area contributed by atoms with Crippen LogP contribution in [0.5, 0.6) is 0 Å². The van der Waals surface area contributed by atoms with E-state index >= 15 is 0 Å². The van der Waals surface area contributed by atoms with Gasteiger partial charge in [0.15, 0.2) is 0 Å². The van der Waals surface area contributed by atoms with E-state index < -0.39 is 23.5 Å². The third-order valence-corrected chi connectivity index (χ3v) is 2.53. The van der Waals surface area contributed by atoms with E-state index in [0.29, 0.717) is 6.42 Å². The number of esters is 1. The molecule has 1 amide bonds. The molecule has 1 N–H and O–H groups in total. The number of hydrogen-bond donors (Lipinski definition) is 1. The predicted octanol–water partition coefficient (Wildman–Crippen LogP) is 2.88. The van der Waals surface area contributed by atoms with Gasteiger partial charge >= 0.3 is 12.1 Å². The van der Waals surface area contributed by atoms with Gasteiger partial charge in [-0.05, 0) is 39.0 Å². The van der Waals surface area contributed by atoms with E-state index in [1.165, 1.54) is 19.2 Å². The van der Waals surface area contributed by atoms with Crippen molar-refractivity contribution in [3.63, 3.8) is 0 Å². The molecule has 0 fully saturated rings.